The van der Waals surface area contributed by atoms with Crippen LogP contribution in [0.25, 0.3) is 0 Å². The third-order valence-corrected chi connectivity index (χ3v) is 3.57. The number of benzene rings is 2. The van der Waals surface area contributed by atoms with Crippen LogP contribution in [0.5, 0.6) is 0 Å². The number of nitrogens with one attached hydrogen (secondary N) is 1. The second-order valence-corrected chi connectivity index (χ2v) is 5.53. The number of anilines is 1. The van der Waals surface area contributed by atoms with Crippen LogP contribution < -0.4 is 10.4 Å². The minimum atomic E-state index is -4.53. The molecule has 1 atom stereocenters. The van der Waals surface area contributed by atoms with E-state index in [9.17, 15) is 27.9 Å². The zero-order valence-corrected chi connectivity index (χ0v) is 13.0. The zero-order chi connectivity index (χ0) is 18.4. The number of carbonyl (C=O) groups is 2. The first-order chi connectivity index (χ1) is 11.8. The Morgan fingerprint density at radius 1 is 1.04 bits per heavy atom. The van der Waals surface area contributed by atoms with Gasteiger partial charge in [-0.3, -0.25) is 4.79 Å². The predicted octanol–water partition coefficient (Wildman–Crippen LogP) is 2.64. The summed E-state index contributed by atoms with van der Waals surface area (Å²) in [7, 11) is 0. The topological polar surface area (TPSA) is 69.2 Å². The zero-order valence-electron chi connectivity index (χ0n) is 13.0. The lowest BCUT2D eigenvalue weighted by Gasteiger charge is -2.18. The van der Waals surface area contributed by atoms with Gasteiger partial charge in [-0.05, 0) is 36.6 Å². The third-order valence-electron chi connectivity index (χ3n) is 3.57. The fourth-order valence-electron chi connectivity index (χ4n) is 2.37. The van der Waals surface area contributed by atoms with Crippen LogP contribution in [0.1, 0.15) is 17.5 Å². The van der Waals surface area contributed by atoms with Crippen molar-refractivity contribution in [2.24, 2.45) is 5.92 Å². The molecule has 2 aromatic carbocycles. The van der Waals surface area contributed by atoms with Crippen molar-refractivity contribution in [3.63, 3.8) is 0 Å². The number of hydrogen-bond acceptors (Lipinski definition) is 3. The molecule has 0 fully saturated rings. The maximum atomic E-state index is 12.7. The summed E-state index contributed by atoms with van der Waals surface area (Å²) in [6, 6.07) is 12.9. The molecule has 0 aliphatic carbocycles. The minimum Gasteiger partial charge on any atom is -0.550 e. The summed E-state index contributed by atoms with van der Waals surface area (Å²) in [6.45, 7) is 0. The number of alkyl halides is 3. The number of carboxylic acid groups (broad SMARTS) is 1. The molecule has 1 amide bonds. The van der Waals surface area contributed by atoms with E-state index < -0.39 is 36.0 Å². The van der Waals surface area contributed by atoms with E-state index in [2.05, 4.69) is 5.32 Å². The van der Waals surface area contributed by atoms with E-state index in [1.54, 1.807) is 30.3 Å². The second kappa shape index (κ2) is 7.83. The van der Waals surface area contributed by atoms with Gasteiger partial charge in [-0.1, -0.05) is 36.4 Å². The number of carboxylic acids is 1. The molecule has 0 saturated heterocycles. The van der Waals surface area contributed by atoms with E-state index in [4.69, 9.17) is 0 Å². The molecule has 0 unspecified atom stereocenters. The van der Waals surface area contributed by atoms with Crippen LogP contribution in [0.3, 0.4) is 0 Å². The van der Waals surface area contributed by atoms with Crippen LogP contribution in [0.4, 0.5) is 18.9 Å². The molecule has 0 aromatic heterocycles. The van der Waals surface area contributed by atoms with Crippen LogP contribution in [-0.2, 0) is 22.2 Å². The molecule has 0 saturated carbocycles. The summed E-state index contributed by atoms with van der Waals surface area (Å²) in [6.07, 6.45) is -4.92. The van der Waals surface area contributed by atoms with E-state index in [0.717, 1.165) is 17.7 Å². The SMILES string of the molecule is O=C([O-])C[C@H](Cc1ccccc1)C(=O)Nc1cccc(C(F)(F)F)c1. The first-order valence-electron chi connectivity index (χ1n) is 7.47. The maximum Gasteiger partial charge on any atom is 0.416 e. The average molecular weight is 350 g/mol. The van der Waals surface area contributed by atoms with Gasteiger partial charge in [0.05, 0.1) is 5.56 Å². The molecule has 0 radical (unpaired) electrons. The Kier molecular flexibility index (Phi) is 5.80. The quantitative estimate of drug-likeness (QED) is 0.871. The molecule has 25 heavy (non-hydrogen) atoms. The van der Waals surface area contributed by atoms with Crippen molar-refractivity contribution in [1.29, 1.82) is 0 Å². The number of halogens is 3. The maximum absolute atomic E-state index is 12.7. The molecule has 2 rings (SSSR count). The highest BCUT2D eigenvalue weighted by Gasteiger charge is 2.30. The standard InChI is InChI=1S/C18H16F3NO3/c19-18(20,21)14-7-4-8-15(11-14)22-17(25)13(10-16(23)24)9-12-5-2-1-3-6-12/h1-8,11,13H,9-10H2,(H,22,25)(H,23,24)/p-1/t13-/m0/s1. The molecular formula is C18H15F3NO3-. The fourth-order valence-corrected chi connectivity index (χ4v) is 2.37. The summed E-state index contributed by atoms with van der Waals surface area (Å²) >= 11 is 0. The average Bonchev–Trinajstić information content (AvgIpc) is 2.54. The van der Waals surface area contributed by atoms with Gasteiger partial charge in [-0.15, -0.1) is 0 Å². The summed E-state index contributed by atoms with van der Waals surface area (Å²) in [5, 5.41) is 13.3. The fraction of sp³-hybridized carbons (Fsp3) is 0.222. The largest absolute Gasteiger partial charge is 0.550 e. The third kappa shape index (κ3) is 5.63. The Balaban J connectivity index is 2.15. The van der Waals surface area contributed by atoms with Gasteiger partial charge < -0.3 is 15.2 Å². The van der Waals surface area contributed by atoms with Crippen molar-refractivity contribution in [1.82, 2.24) is 0 Å². The van der Waals surface area contributed by atoms with Gasteiger partial charge in [-0.2, -0.15) is 13.2 Å². The molecule has 0 spiro atoms. The highest BCUT2D eigenvalue weighted by atomic mass is 19.4. The van der Waals surface area contributed by atoms with E-state index in [-0.39, 0.29) is 12.1 Å². The predicted molar refractivity (Wildman–Crippen MR) is 83.3 cm³/mol. The van der Waals surface area contributed by atoms with Crippen LogP contribution in [0.2, 0.25) is 0 Å². The van der Waals surface area contributed by atoms with Gasteiger partial charge in [0.1, 0.15) is 0 Å². The van der Waals surface area contributed by atoms with E-state index >= 15 is 0 Å². The van der Waals surface area contributed by atoms with Crippen LogP contribution in [0, 0.1) is 5.92 Å². The highest BCUT2D eigenvalue weighted by molar-refractivity contribution is 5.94. The summed E-state index contributed by atoms with van der Waals surface area (Å²) in [4.78, 5) is 23.2. The van der Waals surface area contributed by atoms with Crippen molar-refractivity contribution in [3.05, 3.63) is 65.7 Å². The molecule has 1 N–H and O–H groups in total. The molecule has 2 aromatic rings. The van der Waals surface area contributed by atoms with Gasteiger partial charge in [0, 0.05) is 17.6 Å². The Morgan fingerprint density at radius 2 is 1.72 bits per heavy atom. The molecule has 0 aliphatic rings. The Bertz CT molecular complexity index is 745. The van der Waals surface area contributed by atoms with Crippen LogP contribution in [-0.4, -0.2) is 11.9 Å². The van der Waals surface area contributed by atoms with Crippen molar-refractivity contribution in [2.75, 3.05) is 5.32 Å². The summed E-state index contributed by atoms with van der Waals surface area (Å²) in [5.74, 6) is -3.03. The van der Waals surface area contributed by atoms with Crippen molar-refractivity contribution in [2.45, 2.75) is 19.0 Å². The van der Waals surface area contributed by atoms with Crippen LogP contribution >= 0.6 is 0 Å². The van der Waals surface area contributed by atoms with Crippen molar-refractivity contribution < 1.29 is 27.9 Å². The molecule has 0 heterocycles. The lowest BCUT2D eigenvalue weighted by atomic mass is 9.95. The molecule has 7 heteroatoms. The summed E-state index contributed by atoms with van der Waals surface area (Å²) < 4.78 is 38.2. The highest BCUT2D eigenvalue weighted by Crippen LogP contribution is 2.30. The minimum absolute atomic E-state index is 0.0452. The molecule has 0 aliphatic heterocycles. The molecule has 132 valence electrons. The molecule has 0 bridgehead atoms. The Hall–Kier alpha value is -2.83. The number of amides is 1. The number of hydrogen-bond donors (Lipinski definition) is 1. The van der Waals surface area contributed by atoms with Gasteiger partial charge in [0.15, 0.2) is 0 Å². The van der Waals surface area contributed by atoms with Crippen molar-refractivity contribution in [3.8, 4) is 0 Å². The lowest BCUT2D eigenvalue weighted by Crippen LogP contribution is -2.32. The first kappa shape index (κ1) is 18.5. The summed E-state index contributed by atoms with van der Waals surface area (Å²) in [5.41, 5.74) is -0.200. The number of aliphatic carboxylic acids is 1. The Labute approximate surface area is 142 Å². The normalized spacial score (nSPS) is 12.4. The van der Waals surface area contributed by atoms with Gasteiger partial charge in [0.25, 0.3) is 0 Å². The molecular weight excluding hydrogens is 335 g/mol. The Morgan fingerprint density at radius 3 is 2.32 bits per heavy atom. The van der Waals surface area contributed by atoms with Gasteiger partial charge in [0.2, 0.25) is 5.91 Å². The van der Waals surface area contributed by atoms with Crippen LogP contribution in [0.15, 0.2) is 54.6 Å². The van der Waals surface area contributed by atoms with Crippen molar-refractivity contribution >= 4 is 17.6 Å². The van der Waals surface area contributed by atoms with Gasteiger partial charge in [-0.25, -0.2) is 0 Å². The van der Waals surface area contributed by atoms with E-state index in [1.165, 1.54) is 12.1 Å². The monoisotopic (exact) mass is 350 g/mol. The first-order valence-corrected chi connectivity index (χ1v) is 7.47. The molecule has 4 nitrogen and oxygen atoms in total. The van der Waals surface area contributed by atoms with E-state index in [0.29, 0.717) is 0 Å². The number of rotatable bonds is 6. The number of carbonyl (C=O) groups excluding carboxylic acids is 2. The lowest BCUT2D eigenvalue weighted by molar-refractivity contribution is -0.306. The second-order valence-electron chi connectivity index (χ2n) is 5.53. The van der Waals surface area contributed by atoms with Gasteiger partial charge >= 0.3 is 6.18 Å². The smallest absolute Gasteiger partial charge is 0.416 e. The van der Waals surface area contributed by atoms with E-state index in [1.807, 2.05) is 0 Å².